The molecule has 0 unspecified atom stereocenters. The molecule has 0 atom stereocenters. The van der Waals surface area contributed by atoms with E-state index in [2.05, 4.69) is 111 Å². The van der Waals surface area contributed by atoms with Gasteiger partial charge in [-0.15, -0.1) is 0 Å². The quantitative estimate of drug-likeness (QED) is 0.282. The first-order chi connectivity index (χ1) is 14.8. The van der Waals surface area contributed by atoms with Gasteiger partial charge in [-0.25, -0.2) is 0 Å². The first-order valence-electron chi connectivity index (χ1n) is 10.6. The summed E-state index contributed by atoms with van der Waals surface area (Å²) in [5.41, 5.74) is 13.5. The van der Waals surface area contributed by atoms with Gasteiger partial charge < -0.3 is 0 Å². The third-order valence-corrected chi connectivity index (χ3v) is 6.63. The Kier molecular flexibility index (Phi) is 3.70. The van der Waals surface area contributed by atoms with Gasteiger partial charge in [0.25, 0.3) is 0 Å². The Hall–Kier alpha value is -3.64. The van der Waals surface area contributed by atoms with Crippen molar-refractivity contribution in [1.82, 2.24) is 0 Å². The summed E-state index contributed by atoms with van der Waals surface area (Å²) >= 11 is 0. The van der Waals surface area contributed by atoms with Crippen molar-refractivity contribution in [3.63, 3.8) is 0 Å². The van der Waals surface area contributed by atoms with Crippen LogP contribution in [0.2, 0.25) is 0 Å². The van der Waals surface area contributed by atoms with E-state index < -0.39 is 0 Å². The molecule has 0 fully saturated rings. The SMILES string of the molecule is Cc1c(C)c(-c2ccccc2)c2c(c1-c1ccccc1)-c1cccc3cccc-2c13. The van der Waals surface area contributed by atoms with Crippen LogP contribution in [0.25, 0.3) is 55.3 Å². The maximum Gasteiger partial charge on any atom is -0.00110 e. The van der Waals surface area contributed by atoms with Crippen molar-refractivity contribution < 1.29 is 0 Å². The van der Waals surface area contributed by atoms with Gasteiger partial charge in [0.15, 0.2) is 0 Å². The van der Waals surface area contributed by atoms with Gasteiger partial charge in [0, 0.05) is 0 Å². The fraction of sp³-hybridized carbons (Fsp3) is 0.0667. The third kappa shape index (κ3) is 2.28. The molecule has 5 aromatic carbocycles. The predicted octanol–water partition coefficient (Wildman–Crippen LogP) is 8.44. The zero-order chi connectivity index (χ0) is 20.2. The van der Waals surface area contributed by atoms with Crippen molar-refractivity contribution >= 4 is 10.8 Å². The largest absolute Gasteiger partial charge is 0.0622 e. The van der Waals surface area contributed by atoms with Gasteiger partial charge in [0.2, 0.25) is 0 Å². The number of benzene rings is 5. The summed E-state index contributed by atoms with van der Waals surface area (Å²) in [6.45, 7) is 4.57. The molecule has 0 N–H and O–H groups in total. The van der Waals surface area contributed by atoms with Crippen LogP contribution < -0.4 is 0 Å². The molecule has 142 valence electrons. The zero-order valence-corrected chi connectivity index (χ0v) is 17.2. The molecule has 0 aromatic heterocycles. The number of hydrogen-bond donors (Lipinski definition) is 0. The van der Waals surface area contributed by atoms with Crippen molar-refractivity contribution in [1.29, 1.82) is 0 Å². The average Bonchev–Trinajstić information content (AvgIpc) is 3.12. The van der Waals surface area contributed by atoms with Gasteiger partial charge in [-0.05, 0) is 80.3 Å². The summed E-state index contributed by atoms with van der Waals surface area (Å²) in [6.07, 6.45) is 0. The van der Waals surface area contributed by atoms with Crippen LogP contribution in [0.5, 0.6) is 0 Å². The van der Waals surface area contributed by atoms with Crippen molar-refractivity contribution in [2.75, 3.05) is 0 Å². The molecule has 0 heteroatoms. The number of rotatable bonds is 2. The predicted molar refractivity (Wildman–Crippen MR) is 129 cm³/mol. The molecule has 0 radical (unpaired) electrons. The van der Waals surface area contributed by atoms with Crippen LogP contribution in [-0.4, -0.2) is 0 Å². The summed E-state index contributed by atoms with van der Waals surface area (Å²) in [7, 11) is 0. The van der Waals surface area contributed by atoms with Gasteiger partial charge in [-0.1, -0.05) is 97.1 Å². The monoisotopic (exact) mass is 382 g/mol. The van der Waals surface area contributed by atoms with E-state index in [-0.39, 0.29) is 0 Å². The van der Waals surface area contributed by atoms with E-state index in [1.807, 2.05) is 0 Å². The minimum Gasteiger partial charge on any atom is -0.0622 e. The van der Waals surface area contributed by atoms with Crippen molar-refractivity contribution in [2.45, 2.75) is 13.8 Å². The topological polar surface area (TPSA) is 0 Å². The highest BCUT2D eigenvalue weighted by Crippen LogP contribution is 2.56. The fourth-order valence-corrected chi connectivity index (χ4v) is 5.23. The molecule has 0 bridgehead atoms. The Morgan fingerprint density at radius 2 is 0.833 bits per heavy atom. The summed E-state index contributed by atoms with van der Waals surface area (Å²) < 4.78 is 0. The highest BCUT2D eigenvalue weighted by Gasteiger charge is 2.30. The van der Waals surface area contributed by atoms with Gasteiger partial charge in [-0.3, -0.25) is 0 Å². The van der Waals surface area contributed by atoms with E-state index in [0.29, 0.717) is 0 Å². The van der Waals surface area contributed by atoms with Crippen LogP contribution in [0.15, 0.2) is 97.1 Å². The molecular weight excluding hydrogens is 360 g/mol. The molecule has 0 spiro atoms. The minimum atomic E-state index is 1.29. The second-order valence-corrected chi connectivity index (χ2v) is 8.19. The first-order valence-corrected chi connectivity index (χ1v) is 10.6. The first kappa shape index (κ1) is 17.2. The lowest BCUT2D eigenvalue weighted by molar-refractivity contribution is 1.34. The standard InChI is InChI=1S/C30H22/c1-19-20(2)27(22-13-7-4-8-14-22)30-25-18-10-16-23-15-9-17-24(28(23)25)29(30)26(19)21-11-5-3-6-12-21/h3-18H,1-2H3. The van der Waals surface area contributed by atoms with Gasteiger partial charge in [0.1, 0.15) is 0 Å². The lowest BCUT2D eigenvalue weighted by Crippen LogP contribution is -1.98. The van der Waals surface area contributed by atoms with Gasteiger partial charge in [-0.2, -0.15) is 0 Å². The van der Waals surface area contributed by atoms with E-state index in [4.69, 9.17) is 0 Å². The van der Waals surface area contributed by atoms with E-state index in [9.17, 15) is 0 Å². The van der Waals surface area contributed by atoms with Crippen LogP contribution in [0.3, 0.4) is 0 Å². The fourth-order valence-electron chi connectivity index (χ4n) is 5.23. The third-order valence-electron chi connectivity index (χ3n) is 6.63. The molecule has 5 aromatic rings. The molecule has 1 aliphatic carbocycles. The Balaban J connectivity index is 1.85. The second kappa shape index (κ2) is 6.43. The van der Waals surface area contributed by atoms with E-state index in [1.165, 1.54) is 66.4 Å². The van der Waals surface area contributed by atoms with Crippen molar-refractivity contribution in [3.8, 4) is 44.5 Å². The smallest absolute Gasteiger partial charge is 0.00110 e. The summed E-state index contributed by atoms with van der Waals surface area (Å²) in [6, 6.07) is 35.2. The Morgan fingerprint density at radius 3 is 1.27 bits per heavy atom. The molecule has 6 rings (SSSR count). The zero-order valence-electron chi connectivity index (χ0n) is 17.2. The summed E-state index contributed by atoms with van der Waals surface area (Å²) in [5, 5.41) is 2.70. The van der Waals surface area contributed by atoms with Crippen molar-refractivity contribution in [3.05, 3.63) is 108 Å². The summed E-state index contributed by atoms with van der Waals surface area (Å²) in [5.74, 6) is 0. The molecule has 0 saturated carbocycles. The normalized spacial score (nSPS) is 11.7. The van der Waals surface area contributed by atoms with Crippen LogP contribution >= 0.6 is 0 Å². The number of fused-ring (bicyclic) bond motifs is 3. The van der Waals surface area contributed by atoms with Gasteiger partial charge >= 0.3 is 0 Å². The molecule has 0 aliphatic heterocycles. The van der Waals surface area contributed by atoms with Crippen LogP contribution in [-0.2, 0) is 0 Å². The summed E-state index contributed by atoms with van der Waals surface area (Å²) in [4.78, 5) is 0. The molecule has 0 saturated heterocycles. The van der Waals surface area contributed by atoms with Crippen LogP contribution in [0.4, 0.5) is 0 Å². The van der Waals surface area contributed by atoms with Crippen LogP contribution in [0, 0.1) is 13.8 Å². The number of hydrogen-bond acceptors (Lipinski definition) is 0. The molecular formula is C30H22. The Morgan fingerprint density at radius 1 is 0.400 bits per heavy atom. The molecule has 1 aliphatic rings. The Labute approximate surface area is 177 Å². The highest BCUT2D eigenvalue weighted by atomic mass is 14.3. The van der Waals surface area contributed by atoms with E-state index in [1.54, 1.807) is 0 Å². The highest BCUT2D eigenvalue weighted by molar-refractivity contribution is 6.21. The van der Waals surface area contributed by atoms with E-state index in [0.717, 1.165) is 0 Å². The van der Waals surface area contributed by atoms with Crippen molar-refractivity contribution in [2.24, 2.45) is 0 Å². The molecule has 30 heavy (non-hydrogen) atoms. The van der Waals surface area contributed by atoms with Crippen LogP contribution in [0.1, 0.15) is 11.1 Å². The maximum atomic E-state index is 2.30. The second-order valence-electron chi connectivity index (χ2n) is 8.19. The molecule has 0 nitrogen and oxygen atoms in total. The minimum absolute atomic E-state index is 1.29. The average molecular weight is 383 g/mol. The molecule has 0 heterocycles. The lowest BCUT2D eigenvalue weighted by atomic mass is 9.81. The molecule has 0 amide bonds. The van der Waals surface area contributed by atoms with Gasteiger partial charge in [0.05, 0.1) is 0 Å². The Bertz CT molecular complexity index is 1320. The lowest BCUT2D eigenvalue weighted by Gasteiger charge is -2.22. The maximum absolute atomic E-state index is 2.30. The van der Waals surface area contributed by atoms with E-state index >= 15 is 0 Å².